The zero-order valence-electron chi connectivity index (χ0n) is 13.9. The first-order chi connectivity index (χ1) is 10.9. The van der Waals surface area contributed by atoms with Crippen LogP contribution in [0.15, 0.2) is 24.3 Å². The SMILES string of the molecule is CCCS(=O)(=O)NC1CCN(C(=O)Cc2ccc(C)cc2)CC1. The maximum atomic E-state index is 12.3. The highest BCUT2D eigenvalue weighted by molar-refractivity contribution is 7.89. The Labute approximate surface area is 139 Å². The molecule has 128 valence electrons. The molecule has 0 saturated carbocycles. The summed E-state index contributed by atoms with van der Waals surface area (Å²) in [5, 5.41) is 0. The molecule has 0 spiro atoms. The highest BCUT2D eigenvalue weighted by atomic mass is 32.2. The van der Waals surface area contributed by atoms with Crippen LogP contribution in [0, 0.1) is 6.92 Å². The number of nitrogens with one attached hydrogen (secondary N) is 1. The van der Waals surface area contributed by atoms with Gasteiger partial charge in [0.15, 0.2) is 0 Å². The zero-order chi connectivity index (χ0) is 16.9. The molecule has 0 aromatic heterocycles. The molecule has 0 aliphatic carbocycles. The molecule has 1 saturated heterocycles. The van der Waals surface area contributed by atoms with Crippen LogP contribution in [-0.2, 0) is 21.2 Å². The molecule has 1 aromatic rings. The standard InChI is InChI=1S/C17H26N2O3S/c1-3-12-23(21,22)18-16-8-10-19(11-9-16)17(20)13-15-6-4-14(2)5-7-15/h4-7,16,18H,3,8-13H2,1-2H3. The van der Waals surface area contributed by atoms with Crippen molar-refractivity contribution in [3.63, 3.8) is 0 Å². The largest absolute Gasteiger partial charge is 0.342 e. The predicted molar refractivity (Wildman–Crippen MR) is 91.7 cm³/mol. The van der Waals surface area contributed by atoms with Gasteiger partial charge in [-0.15, -0.1) is 0 Å². The summed E-state index contributed by atoms with van der Waals surface area (Å²) >= 11 is 0. The van der Waals surface area contributed by atoms with Crippen LogP contribution in [0.25, 0.3) is 0 Å². The molecule has 6 heteroatoms. The minimum Gasteiger partial charge on any atom is -0.342 e. The summed E-state index contributed by atoms with van der Waals surface area (Å²) in [7, 11) is -3.18. The Morgan fingerprint density at radius 1 is 1.22 bits per heavy atom. The van der Waals surface area contributed by atoms with Gasteiger partial charge in [0.05, 0.1) is 12.2 Å². The monoisotopic (exact) mass is 338 g/mol. The average Bonchev–Trinajstić information content (AvgIpc) is 2.49. The summed E-state index contributed by atoms with van der Waals surface area (Å²) in [6.45, 7) is 5.11. The summed E-state index contributed by atoms with van der Waals surface area (Å²) in [5.41, 5.74) is 2.20. The van der Waals surface area contributed by atoms with E-state index in [1.165, 1.54) is 5.56 Å². The van der Waals surface area contributed by atoms with Crippen molar-refractivity contribution in [2.24, 2.45) is 0 Å². The van der Waals surface area contributed by atoms with E-state index in [0.717, 1.165) is 5.56 Å². The highest BCUT2D eigenvalue weighted by Crippen LogP contribution is 2.14. The first-order valence-corrected chi connectivity index (χ1v) is 9.88. The van der Waals surface area contributed by atoms with Gasteiger partial charge in [-0.3, -0.25) is 4.79 Å². The van der Waals surface area contributed by atoms with E-state index in [1.54, 1.807) is 0 Å². The van der Waals surface area contributed by atoms with Gasteiger partial charge in [0.2, 0.25) is 15.9 Å². The molecule has 1 aliphatic heterocycles. The fraction of sp³-hybridized carbons (Fsp3) is 0.588. The third kappa shape index (κ3) is 5.62. The lowest BCUT2D eigenvalue weighted by atomic mass is 10.0. The summed E-state index contributed by atoms with van der Waals surface area (Å²) in [6, 6.07) is 7.95. The van der Waals surface area contributed by atoms with Crippen molar-refractivity contribution in [3.8, 4) is 0 Å². The summed E-state index contributed by atoms with van der Waals surface area (Å²) in [6.07, 6.45) is 2.39. The molecule has 0 atom stereocenters. The number of sulfonamides is 1. The van der Waals surface area contributed by atoms with Gasteiger partial charge in [-0.1, -0.05) is 36.8 Å². The Morgan fingerprint density at radius 3 is 2.39 bits per heavy atom. The van der Waals surface area contributed by atoms with Gasteiger partial charge in [-0.25, -0.2) is 13.1 Å². The molecule has 1 aliphatic rings. The minimum absolute atomic E-state index is 0.0463. The van der Waals surface area contributed by atoms with Gasteiger partial charge in [0.1, 0.15) is 0 Å². The van der Waals surface area contributed by atoms with Crippen LogP contribution in [0.4, 0.5) is 0 Å². The third-order valence-corrected chi connectivity index (χ3v) is 5.78. The van der Waals surface area contributed by atoms with E-state index >= 15 is 0 Å². The predicted octanol–water partition coefficient (Wildman–Crippen LogP) is 1.86. The fourth-order valence-corrected chi connectivity index (χ4v) is 4.22. The lowest BCUT2D eigenvalue weighted by Crippen LogP contribution is -2.47. The Morgan fingerprint density at radius 2 is 1.83 bits per heavy atom. The van der Waals surface area contributed by atoms with Gasteiger partial charge in [-0.05, 0) is 31.7 Å². The number of aryl methyl sites for hydroxylation is 1. The normalized spacial score (nSPS) is 16.5. The number of piperidine rings is 1. The molecule has 5 nitrogen and oxygen atoms in total. The minimum atomic E-state index is -3.18. The van der Waals surface area contributed by atoms with E-state index in [2.05, 4.69) is 4.72 Å². The lowest BCUT2D eigenvalue weighted by molar-refractivity contribution is -0.131. The van der Waals surface area contributed by atoms with Gasteiger partial charge in [-0.2, -0.15) is 0 Å². The number of likely N-dealkylation sites (tertiary alicyclic amines) is 1. The van der Waals surface area contributed by atoms with Gasteiger partial charge < -0.3 is 4.90 Å². The lowest BCUT2D eigenvalue weighted by Gasteiger charge is -2.32. The van der Waals surface area contributed by atoms with Crippen LogP contribution in [0.1, 0.15) is 37.3 Å². The smallest absolute Gasteiger partial charge is 0.226 e. The van der Waals surface area contributed by atoms with Gasteiger partial charge in [0, 0.05) is 19.1 Å². The maximum Gasteiger partial charge on any atom is 0.226 e. The second-order valence-electron chi connectivity index (χ2n) is 6.25. The second-order valence-corrected chi connectivity index (χ2v) is 8.13. The topological polar surface area (TPSA) is 66.5 Å². The Balaban J connectivity index is 1.82. The third-order valence-electron chi connectivity index (χ3n) is 4.14. The van der Waals surface area contributed by atoms with E-state index in [-0.39, 0.29) is 17.7 Å². The van der Waals surface area contributed by atoms with Crippen molar-refractivity contribution >= 4 is 15.9 Å². The number of benzene rings is 1. The molecule has 1 heterocycles. The van der Waals surface area contributed by atoms with Crippen LogP contribution < -0.4 is 4.72 Å². The molecule has 1 N–H and O–H groups in total. The first kappa shape index (κ1) is 17.9. The number of amides is 1. The number of hydrogen-bond acceptors (Lipinski definition) is 3. The van der Waals surface area contributed by atoms with E-state index in [9.17, 15) is 13.2 Å². The van der Waals surface area contributed by atoms with Crippen LogP contribution >= 0.6 is 0 Å². The number of carbonyl (C=O) groups excluding carboxylic acids is 1. The number of carbonyl (C=O) groups is 1. The summed E-state index contributed by atoms with van der Waals surface area (Å²) in [5.74, 6) is 0.281. The molecule has 0 radical (unpaired) electrons. The summed E-state index contributed by atoms with van der Waals surface area (Å²) < 4.78 is 26.3. The molecule has 23 heavy (non-hydrogen) atoms. The van der Waals surface area contributed by atoms with Crippen molar-refractivity contribution in [1.29, 1.82) is 0 Å². The van der Waals surface area contributed by atoms with Crippen LogP contribution in [0.2, 0.25) is 0 Å². The summed E-state index contributed by atoms with van der Waals surface area (Å²) in [4.78, 5) is 14.2. The first-order valence-electron chi connectivity index (χ1n) is 8.23. The zero-order valence-corrected chi connectivity index (χ0v) is 14.7. The molecule has 0 bridgehead atoms. The quantitative estimate of drug-likeness (QED) is 0.861. The molecule has 2 rings (SSSR count). The molecular weight excluding hydrogens is 312 g/mol. The van der Waals surface area contributed by atoms with Crippen LogP contribution in [0.3, 0.4) is 0 Å². The van der Waals surface area contributed by atoms with Crippen LogP contribution in [0.5, 0.6) is 0 Å². The van der Waals surface area contributed by atoms with E-state index in [4.69, 9.17) is 0 Å². The van der Waals surface area contributed by atoms with Crippen molar-refractivity contribution in [2.75, 3.05) is 18.8 Å². The average molecular weight is 338 g/mol. The molecule has 1 amide bonds. The van der Waals surface area contributed by atoms with Crippen molar-refractivity contribution in [3.05, 3.63) is 35.4 Å². The molecule has 0 unspecified atom stereocenters. The highest BCUT2D eigenvalue weighted by Gasteiger charge is 2.25. The molecule has 1 fully saturated rings. The Bertz CT molecular complexity index is 618. The van der Waals surface area contributed by atoms with Gasteiger partial charge in [0.25, 0.3) is 0 Å². The maximum absolute atomic E-state index is 12.3. The van der Waals surface area contributed by atoms with Crippen molar-refractivity contribution in [2.45, 2.75) is 45.6 Å². The molecular formula is C17H26N2O3S. The number of hydrogen-bond donors (Lipinski definition) is 1. The Hall–Kier alpha value is -1.40. The number of nitrogens with zero attached hydrogens (tertiary/aromatic N) is 1. The van der Waals surface area contributed by atoms with Gasteiger partial charge >= 0.3 is 0 Å². The van der Waals surface area contributed by atoms with E-state index in [1.807, 2.05) is 43.0 Å². The van der Waals surface area contributed by atoms with Crippen molar-refractivity contribution < 1.29 is 13.2 Å². The van der Waals surface area contributed by atoms with E-state index in [0.29, 0.717) is 38.8 Å². The second kappa shape index (κ2) is 7.93. The number of rotatable bonds is 6. The van der Waals surface area contributed by atoms with Crippen LogP contribution in [-0.4, -0.2) is 44.1 Å². The van der Waals surface area contributed by atoms with E-state index < -0.39 is 10.0 Å². The molecule has 1 aromatic carbocycles. The Kier molecular flexibility index (Phi) is 6.18. The van der Waals surface area contributed by atoms with Crippen molar-refractivity contribution in [1.82, 2.24) is 9.62 Å². The fourth-order valence-electron chi connectivity index (χ4n) is 2.82.